The molecule has 0 saturated heterocycles. The molecule has 0 bridgehead atoms. The normalized spacial score (nSPS) is 15.2. The molecule has 1 aliphatic rings. The van der Waals surface area contributed by atoms with Gasteiger partial charge in [-0.3, -0.25) is 10.1 Å². The second kappa shape index (κ2) is 5.31. The molecule has 1 aliphatic carbocycles. The van der Waals surface area contributed by atoms with Crippen LogP contribution in [0.4, 0.5) is 10.5 Å². The minimum Gasteiger partial charge on any atom is -0.480 e. The van der Waals surface area contributed by atoms with E-state index in [9.17, 15) is 14.7 Å². The number of nitrogens with one attached hydrogen (secondary N) is 1. The zero-order valence-corrected chi connectivity index (χ0v) is 14.3. The number of anilines is 1. The molecular formula is C17H12N4O7. The average molecular weight is 384 g/mol. The third kappa shape index (κ3) is 2.25. The first-order chi connectivity index (χ1) is 13.4. The highest BCUT2D eigenvalue weighted by Crippen LogP contribution is 2.48. The van der Waals surface area contributed by atoms with Crippen LogP contribution in [0, 0.1) is 6.92 Å². The van der Waals surface area contributed by atoms with E-state index in [-0.39, 0.29) is 23.2 Å². The number of carboxylic acids is 1. The predicted octanol–water partition coefficient (Wildman–Crippen LogP) is 3.14. The second-order valence-corrected chi connectivity index (χ2v) is 6.62. The summed E-state index contributed by atoms with van der Waals surface area (Å²) >= 11 is 0. The third-order valence-electron chi connectivity index (χ3n) is 4.76. The molecule has 11 heteroatoms. The Labute approximate surface area is 154 Å². The lowest BCUT2D eigenvalue weighted by atomic mass is 10.1. The van der Waals surface area contributed by atoms with Crippen LogP contribution in [0.2, 0.25) is 0 Å². The van der Waals surface area contributed by atoms with Gasteiger partial charge in [-0.25, -0.2) is 14.8 Å². The average Bonchev–Trinajstić information content (AvgIpc) is 3.01. The Morgan fingerprint density at radius 3 is 2.43 bits per heavy atom. The number of carboxylic acid groups (broad SMARTS) is 2. The molecule has 28 heavy (non-hydrogen) atoms. The summed E-state index contributed by atoms with van der Waals surface area (Å²) in [6, 6.07) is 3.17. The monoisotopic (exact) mass is 384 g/mol. The summed E-state index contributed by atoms with van der Waals surface area (Å²) in [5, 5.41) is 24.3. The van der Waals surface area contributed by atoms with Gasteiger partial charge in [-0.1, -0.05) is 5.16 Å². The van der Waals surface area contributed by atoms with Crippen LogP contribution in [0.1, 0.15) is 24.4 Å². The smallest absolute Gasteiger partial charge is 0.409 e. The Bertz CT molecular complexity index is 1230. The molecule has 0 aliphatic heterocycles. The molecule has 3 aromatic heterocycles. The summed E-state index contributed by atoms with van der Waals surface area (Å²) in [7, 11) is 0. The lowest BCUT2D eigenvalue weighted by Crippen LogP contribution is -2.19. The number of rotatable bonds is 4. The molecule has 0 unspecified atom stereocenters. The molecule has 5 rings (SSSR count). The molecule has 1 amide bonds. The lowest BCUT2D eigenvalue weighted by Gasteiger charge is -2.01. The van der Waals surface area contributed by atoms with Crippen molar-refractivity contribution in [2.75, 3.05) is 5.32 Å². The van der Waals surface area contributed by atoms with Crippen molar-refractivity contribution in [2.45, 2.75) is 25.2 Å². The van der Waals surface area contributed by atoms with Crippen LogP contribution in [0.25, 0.3) is 33.9 Å². The summed E-state index contributed by atoms with van der Waals surface area (Å²) < 4.78 is 16.5. The van der Waals surface area contributed by atoms with Gasteiger partial charge in [-0.2, -0.15) is 0 Å². The number of aryl methyl sites for hydroxylation is 1. The van der Waals surface area contributed by atoms with E-state index in [1.165, 1.54) is 0 Å². The van der Waals surface area contributed by atoms with E-state index in [1.54, 1.807) is 19.1 Å². The van der Waals surface area contributed by atoms with Crippen molar-refractivity contribution < 1.29 is 33.2 Å². The zero-order valence-electron chi connectivity index (χ0n) is 14.3. The Morgan fingerprint density at radius 1 is 1.11 bits per heavy atom. The van der Waals surface area contributed by atoms with Gasteiger partial charge in [-0.15, -0.1) is 0 Å². The fraction of sp³-hybridized carbons (Fsp3) is 0.235. The van der Waals surface area contributed by atoms with Gasteiger partial charge in [0.15, 0.2) is 11.2 Å². The molecule has 3 N–H and O–H groups in total. The predicted molar refractivity (Wildman–Crippen MR) is 92.0 cm³/mol. The van der Waals surface area contributed by atoms with Crippen LogP contribution < -0.4 is 5.32 Å². The van der Waals surface area contributed by atoms with Crippen LogP contribution in [-0.4, -0.2) is 37.4 Å². The number of hydrogen-bond donors (Lipinski definition) is 3. The fourth-order valence-electron chi connectivity index (χ4n) is 3.07. The van der Waals surface area contributed by atoms with Gasteiger partial charge < -0.3 is 23.6 Å². The summed E-state index contributed by atoms with van der Waals surface area (Å²) in [4.78, 5) is 31.0. The number of aromatic nitrogens is 3. The van der Waals surface area contributed by atoms with Crippen LogP contribution in [0.5, 0.6) is 0 Å². The number of nitrogens with zero attached hydrogens (tertiary/aromatic N) is 3. The van der Waals surface area contributed by atoms with Crippen molar-refractivity contribution in [3.8, 4) is 11.7 Å². The van der Waals surface area contributed by atoms with Crippen LogP contribution in [-0.2, 0) is 10.2 Å². The van der Waals surface area contributed by atoms with E-state index < -0.39 is 17.5 Å². The Morgan fingerprint density at radius 2 is 1.79 bits per heavy atom. The van der Waals surface area contributed by atoms with E-state index in [0.717, 1.165) is 0 Å². The van der Waals surface area contributed by atoms with Gasteiger partial charge in [0.2, 0.25) is 11.7 Å². The molecule has 142 valence electrons. The molecule has 1 aromatic carbocycles. The molecule has 0 radical (unpaired) electrons. The van der Waals surface area contributed by atoms with Crippen molar-refractivity contribution >= 4 is 39.9 Å². The maximum Gasteiger partial charge on any atom is 0.409 e. The van der Waals surface area contributed by atoms with E-state index in [4.69, 9.17) is 18.5 Å². The Hall–Kier alpha value is -3.89. The van der Waals surface area contributed by atoms with Gasteiger partial charge >= 0.3 is 12.1 Å². The maximum absolute atomic E-state index is 11.5. The first-order valence-electron chi connectivity index (χ1n) is 8.29. The number of aliphatic carboxylic acids is 1. The van der Waals surface area contributed by atoms with Crippen LogP contribution >= 0.6 is 0 Å². The van der Waals surface area contributed by atoms with E-state index in [1.807, 2.05) is 0 Å². The number of amides is 1. The van der Waals surface area contributed by atoms with Crippen molar-refractivity contribution in [3.05, 3.63) is 23.7 Å². The van der Waals surface area contributed by atoms with E-state index in [2.05, 4.69) is 20.4 Å². The van der Waals surface area contributed by atoms with Gasteiger partial charge in [-0.05, 0) is 19.8 Å². The topological polar surface area (TPSA) is 165 Å². The number of benzene rings is 1. The summed E-state index contributed by atoms with van der Waals surface area (Å²) in [6.45, 7) is 1.58. The molecule has 1 saturated carbocycles. The summed E-state index contributed by atoms with van der Waals surface area (Å²) in [5.74, 6) is -0.704. The minimum absolute atomic E-state index is 0.0384. The molecule has 11 nitrogen and oxygen atoms in total. The highest BCUT2D eigenvalue weighted by Gasteiger charge is 2.56. The first kappa shape index (κ1) is 16.3. The first-order valence-corrected chi connectivity index (χ1v) is 8.29. The van der Waals surface area contributed by atoms with Gasteiger partial charge in [0.1, 0.15) is 27.8 Å². The summed E-state index contributed by atoms with van der Waals surface area (Å²) in [6.07, 6.45) is -0.305. The molecule has 0 spiro atoms. The minimum atomic E-state index is -1.27. The van der Waals surface area contributed by atoms with Crippen molar-refractivity contribution in [1.29, 1.82) is 0 Å². The van der Waals surface area contributed by atoms with E-state index in [0.29, 0.717) is 40.7 Å². The standard InChI is InChI=1S/C17H12N4O7/c1-6-11(20-16(24)25)12(28-21-6)13-18-7-4-10-8(5-9(7)26-13)19-14(27-10)17(2-3-17)15(22)23/h4-5,20H,2-3H2,1H3,(H,22,23)(H,24,25). The van der Waals surface area contributed by atoms with Gasteiger partial charge in [0.05, 0.1) is 0 Å². The van der Waals surface area contributed by atoms with Crippen molar-refractivity contribution in [3.63, 3.8) is 0 Å². The van der Waals surface area contributed by atoms with Crippen LogP contribution in [0.3, 0.4) is 0 Å². The number of hydrogen-bond acceptors (Lipinski definition) is 8. The molecule has 1 fully saturated rings. The molecule has 4 aromatic rings. The van der Waals surface area contributed by atoms with Crippen molar-refractivity contribution in [1.82, 2.24) is 15.1 Å². The third-order valence-corrected chi connectivity index (χ3v) is 4.76. The number of fused-ring (bicyclic) bond motifs is 2. The van der Waals surface area contributed by atoms with Crippen molar-refractivity contribution in [2.24, 2.45) is 0 Å². The Balaban J connectivity index is 1.60. The zero-order chi connectivity index (χ0) is 19.6. The van der Waals surface area contributed by atoms with Crippen LogP contribution in [0.15, 0.2) is 25.5 Å². The molecule has 0 atom stereocenters. The fourth-order valence-corrected chi connectivity index (χ4v) is 3.07. The SMILES string of the molecule is Cc1noc(-c2nc3cc4oc(C5(C(=O)O)CC5)nc4cc3o2)c1NC(=O)O. The molecule has 3 heterocycles. The number of oxazole rings is 2. The maximum atomic E-state index is 11.5. The highest BCUT2D eigenvalue weighted by molar-refractivity contribution is 5.93. The number of carbonyl (C=O) groups is 2. The highest BCUT2D eigenvalue weighted by atomic mass is 16.5. The Kier molecular flexibility index (Phi) is 3.09. The summed E-state index contributed by atoms with van der Waals surface area (Å²) in [5.41, 5.74) is 1.03. The quantitative estimate of drug-likeness (QED) is 0.476. The lowest BCUT2D eigenvalue weighted by molar-refractivity contribution is -0.140. The molecular weight excluding hydrogens is 372 g/mol. The van der Waals surface area contributed by atoms with Gasteiger partial charge in [0, 0.05) is 12.1 Å². The second-order valence-electron chi connectivity index (χ2n) is 6.62. The largest absolute Gasteiger partial charge is 0.480 e. The van der Waals surface area contributed by atoms with E-state index >= 15 is 0 Å². The van der Waals surface area contributed by atoms with Gasteiger partial charge in [0.25, 0.3) is 5.89 Å².